The van der Waals surface area contributed by atoms with Gasteiger partial charge in [0.15, 0.2) is 0 Å². The van der Waals surface area contributed by atoms with Crippen molar-refractivity contribution in [2.24, 2.45) is 0 Å². The van der Waals surface area contributed by atoms with E-state index in [1.807, 2.05) is 54.6 Å². The van der Waals surface area contributed by atoms with Gasteiger partial charge in [-0.3, -0.25) is 19.3 Å². The first-order valence-corrected chi connectivity index (χ1v) is 10.5. The molecule has 0 bridgehead atoms. The number of benzene rings is 2. The molecule has 2 aliphatic rings. The molecule has 162 valence electrons. The summed E-state index contributed by atoms with van der Waals surface area (Å²) in [7, 11) is 1.64. The summed E-state index contributed by atoms with van der Waals surface area (Å²) in [5.74, 6) is 0.0135. The van der Waals surface area contributed by atoms with Crippen LogP contribution in [0.15, 0.2) is 54.6 Å². The van der Waals surface area contributed by atoms with E-state index in [0.717, 1.165) is 21.9 Å². The minimum Gasteiger partial charge on any atom is -0.497 e. The van der Waals surface area contributed by atoms with Gasteiger partial charge in [0, 0.05) is 44.4 Å². The Morgan fingerprint density at radius 2 is 1.71 bits per heavy atom. The number of ether oxygens (including phenoxy) is 1. The van der Waals surface area contributed by atoms with E-state index in [-0.39, 0.29) is 30.7 Å². The van der Waals surface area contributed by atoms with Crippen molar-refractivity contribution in [3.8, 4) is 5.75 Å². The molecule has 2 aromatic rings. The van der Waals surface area contributed by atoms with Crippen LogP contribution in [0.1, 0.15) is 18.9 Å². The normalized spacial score (nSPS) is 21.5. The first-order valence-electron chi connectivity index (χ1n) is 10.5. The zero-order chi connectivity index (χ0) is 22.0. The van der Waals surface area contributed by atoms with Crippen molar-refractivity contribution in [3.63, 3.8) is 0 Å². The Labute approximate surface area is 182 Å². The number of carbonyl (C=O) groups is 3. The van der Waals surface area contributed by atoms with Gasteiger partial charge in [-0.2, -0.15) is 0 Å². The van der Waals surface area contributed by atoms with Crippen molar-refractivity contribution in [1.82, 2.24) is 9.80 Å². The fraction of sp³-hybridized carbons (Fsp3) is 0.375. The van der Waals surface area contributed by atoms with E-state index in [2.05, 4.69) is 4.90 Å². The quantitative estimate of drug-likeness (QED) is 0.692. The fourth-order valence-corrected chi connectivity index (χ4v) is 4.33. The Morgan fingerprint density at radius 3 is 2.39 bits per heavy atom. The predicted molar refractivity (Wildman–Crippen MR) is 117 cm³/mol. The Bertz CT molecular complexity index is 985. The molecule has 4 rings (SSSR count). The van der Waals surface area contributed by atoms with Crippen LogP contribution in [0.4, 0.5) is 5.69 Å². The highest BCUT2D eigenvalue weighted by Crippen LogP contribution is 2.36. The van der Waals surface area contributed by atoms with Crippen LogP contribution >= 0.6 is 0 Å². The van der Waals surface area contributed by atoms with E-state index >= 15 is 0 Å². The van der Waals surface area contributed by atoms with Crippen LogP contribution in [0.2, 0.25) is 0 Å². The van der Waals surface area contributed by atoms with E-state index in [9.17, 15) is 14.4 Å². The molecule has 2 saturated heterocycles. The molecular weight excluding hydrogens is 394 g/mol. The van der Waals surface area contributed by atoms with Gasteiger partial charge in [0.05, 0.1) is 12.5 Å². The number of amides is 3. The molecule has 0 spiro atoms. The minimum atomic E-state index is -0.913. The lowest BCUT2D eigenvalue weighted by atomic mass is 9.81. The first-order chi connectivity index (χ1) is 14.9. The van der Waals surface area contributed by atoms with Gasteiger partial charge in [0.25, 0.3) is 0 Å². The molecule has 7 heteroatoms. The zero-order valence-corrected chi connectivity index (χ0v) is 17.9. The molecule has 0 radical (unpaired) electrons. The Balaban J connectivity index is 1.38. The summed E-state index contributed by atoms with van der Waals surface area (Å²) in [6.45, 7) is 4.04. The summed E-state index contributed by atoms with van der Waals surface area (Å²) >= 11 is 0. The predicted octanol–water partition coefficient (Wildman–Crippen LogP) is 2.06. The molecule has 0 N–H and O–H groups in total. The highest BCUT2D eigenvalue weighted by molar-refractivity contribution is 6.10. The van der Waals surface area contributed by atoms with Crippen molar-refractivity contribution in [2.75, 3.05) is 44.7 Å². The van der Waals surface area contributed by atoms with Crippen molar-refractivity contribution < 1.29 is 19.1 Å². The van der Waals surface area contributed by atoms with Crippen LogP contribution < -0.4 is 9.64 Å². The molecule has 2 heterocycles. The second-order valence-electron chi connectivity index (χ2n) is 8.23. The maximum Gasteiger partial charge on any atom is 0.242 e. The Kier molecular flexibility index (Phi) is 5.67. The van der Waals surface area contributed by atoms with Crippen LogP contribution in [-0.4, -0.2) is 67.4 Å². The molecular formula is C24H27N3O4. The summed E-state index contributed by atoms with van der Waals surface area (Å²) in [5.41, 5.74) is 0.939. The molecule has 1 unspecified atom stereocenters. The number of methoxy groups -OCH3 is 1. The van der Waals surface area contributed by atoms with E-state index in [0.29, 0.717) is 26.2 Å². The third-order valence-electron chi connectivity index (χ3n) is 6.28. The van der Waals surface area contributed by atoms with Gasteiger partial charge in [-0.15, -0.1) is 0 Å². The Hall–Kier alpha value is -3.35. The molecule has 1 atom stereocenters. The molecule has 2 fully saturated rings. The third-order valence-corrected chi connectivity index (χ3v) is 6.28. The van der Waals surface area contributed by atoms with Gasteiger partial charge < -0.3 is 14.5 Å². The highest BCUT2D eigenvalue weighted by Gasteiger charge is 2.49. The number of hydrogen-bond acceptors (Lipinski definition) is 5. The van der Waals surface area contributed by atoms with Crippen LogP contribution in [0.5, 0.6) is 5.75 Å². The molecule has 3 amide bonds. The SMILES string of the molecule is COc1cccc(N2CCN(C(=O)CN3C(=O)CC(C)(c4ccccc4)C3=O)CC2)c1. The van der Waals surface area contributed by atoms with Crippen molar-refractivity contribution in [3.05, 3.63) is 60.2 Å². The summed E-state index contributed by atoms with van der Waals surface area (Å²) in [6.07, 6.45) is 0.0900. The van der Waals surface area contributed by atoms with Gasteiger partial charge in [-0.1, -0.05) is 36.4 Å². The number of imide groups is 1. The largest absolute Gasteiger partial charge is 0.497 e. The maximum atomic E-state index is 13.1. The number of hydrogen-bond donors (Lipinski definition) is 0. The number of likely N-dealkylation sites (tertiary alicyclic amines) is 1. The van der Waals surface area contributed by atoms with Crippen molar-refractivity contribution >= 4 is 23.4 Å². The van der Waals surface area contributed by atoms with Crippen molar-refractivity contribution in [1.29, 1.82) is 0 Å². The molecule has 0 saturated carbocycles. The smallest absolute Gasteiger partial charge is 0.242 e. The number of nitrogens with zero attached hydrogens (tertiary/aromatic N) is 3. The average molecular weight is 421 g/mol. The number of anilines is 1. The lowest BCUT2D eigenvalue weighted by Crippen LogP contribution is -2.52. The summed E-state index contributed by atoms with van der Waals surface area (Å²) in [6, 6.07) is 17.1. The Morgan fingerprint density at radius 1 is 1.00 bits per heavy atom. The van der Waals surface area contributed by atoms with Crippen LogP contribution in [0.3, 0.4) is 0 Å². The summed E-state index contributed by atoms with van der Waals surface area (Å²) in [5, 5.41) is 0. The van der Waals surface area contributed by atoms with E-state index in [1.54, 1.807) is 18.9 Å². The monoisotopic (exact) mass is 421 g/mol. The molecule has 31 heavy (non-hydrogen) atoms. The van der Waals surface area contributed by atoms with Gasteiger partial charge >= 0.3 is 0 Å². The molecule has 2 aliphatic heterocycles. The standard InChI is InChI=1S/C24H27N3O4/c1-24(18-7-4-3-5-8-18)16-21(28)27(23(24)30)17-22(29)26-13-11-25(12-14-26)19-9-6-10-20(15-19)31-2/h3-10,15H,11-14,16-17H2,1-2H3. The fourth-order valence-electron chi connectivity index (χ4n) is 4.33. The van der Waals surface area contributed by atoms with Crippen LogP contribution in [0, 0.1) is 0 Å². The lowest BCUT2D eigenvalue weighted by molar-refractivity contribution is -0.146. The topological polar surface area (TPSA) is 70.2 Å². The molecule has 2 aromatic carbocycles. The van der Waals surface area contributed by atoms with Gasteiger partial charge in [-0.25, -0.2) is 0 Å². The van der Waals surface area contributed by atoms with Crippen LogP contribution in [-0.2, 0) is 19.8 Å². The van der Waals surface area contributed by atoms with Gasteiger partial charge in [0.1, 0.15) is 12.3 Å². The molecule has 7 nitrogen and oxygen atoms in total. The lowest BCUT2D eigenvalue weighted by Gasteiger charge is -2.36. The van der Waals surface area contributed by atoms with Gasteiger partial charge in [-0.05, 0) is 24.6 Å². The zero-order valence-electron chi connectivity index (χ0n) is 17.9. The van der Waals surface area contributed by atoms with Crippen molar-refractivity contribution in [2.45, 2.75) is 18.8 Å². The summed E-state index contributed by atoms with van der Waals surface area (Å²) in [4.78, 5) is 43.6. The number of piperazine rings is 1. The maximum absolute atomic E-state index is 13.1. The highest BCUT2D eigenvalue weighted by atomic mass is 16.5. The second-order valence-corrected chi connectivity index (χ2v) is 8.23. The summed E-state index contributed by atoms with van der Waals surface area (Å²) < 4.78 is 5.29. The number of carbonyl (C=O) groups excluding carboxylic acids is 3. The third kappa shape index (κ3) is 4.00. The second kappa shape index (κ2) is 8.41. The minimum absolute atomic E-state index is 0.0900. The molecule has 0 aliphatic carbocycles. The van der Waals surface area contributed by atoms with E-state index in [4.69, 9.17) is 4.74 Å². The van der Waals surface area contributed by atoms with Gasteiger partial charge in [0.2, 0.25) is 17.7 Å². The van der Waals surface area contributed by atoms with E-state index in [1.165, 1.54) is 0 Å². The first kappa shape index (κ1) is 20.9. The average Bonchev–Trinajstić information content (AvgIpc) is 3.03. The van der Waals surface area contributed by atoms with Crippen LogP contribution in [0.25, 0.3) is 0 Å². The molecule has 0 aromatic heterocycles. The number of rotatable bonds is 5. The van der Waals surface area contributed by atoms with E-state index < -0.39 is 5.41 Å².